The molecule has 2 amide bonds. The summed E-state index contributed by atoms with van der Waals surface area (Å²) >= 11 is 0. The van der Waals surface area contributed by atoms with E-state index in [-0.39, 0.29) is 24.2 Å². The fraction of sp³-hybridized carbons (Fsp3) is 0.476. The highest BCUT2D eigenvalue weighted by Gasteiger charge is 2.36. The van der Waals surface area contributed by atoms with Crippen LogP contribution in [0.5, 0.6) is 5.75 Å². The molecule has 28 heavy (non-hydrogen) atoms. The van der Waals surface area contributed by atoms with E-state index in [1.165, 1.54) is 6.08 Å². The van der Waals surface area contributed by atoms with Crippen molar-refractivity contribution in [1.82, 2.24) is 9.80 Å². The van der Waals surface area contributed by atoms with Crippen molar-refractivity contribution < 1.29 is 23.1 Å². The highest BCUT2D eigenvalue weighted by molar-refractivity contribution is 5.77. The van der Waals surface area contributed by atoms with Crippen molar-refractivity contribution in [2.75, 3.05) is 20.1 Å². The number of halogens is 3. The molecule has 1 N–H and O–H groups in total. The number of aromatic hydroxyl groups is 1. The number of hydrogen-bond donors (Lipinski definition) is 1. The Morgan fingerprint density at radius 2 is 1.86 bits per heavy atom. The minimum Gasteiger partial charge on any atom is -0.508 e. The van der Waals surface area contributed by atoms with Crippen molar-refractivity contribution in [3.63, 3.8) is 0 Å². The Morgan fingerprint density at radius 3 is 2.46 bits per heavy atom. The van der Waals surface area contributed by atoms with Crippen LogP contribution in [0.4, 0.5) is 18.0 Å². The number of likely N-dealkylation sites (N-methyl/N-ethyl adjacent to an activating group) is 1. The number of amides is 2. The molecule has 1 aliphatic heterocycles. The van der Waals surface area contributed by atoms with E-state index >= 15 is 0 Å². The van der Waals surface area contributed by atoms with Crippen molar-refractivity contribution in [3.8, 4) is 5.75 Å². The van der Waals surface area contributed by atoms with Crippen molar-refractivity contribution >= 4 is 6.03 Å². The fourth-order valence-electron chi connectivity index (χ4n) is 3.75. The molecule has 1 saturated heterocycles. The average molecular weight is 394 g/mol. The molecular formula is C21H25F3N2O2. The number of rotatable bonds is 6. The number of benzene rings is 1. The monoisotopic (exact) mass is 394 g/mol. The Kier molecular flexibility index (Phi) is 6.01. The molecule has 1 aromatic carbocycles. The summed E-state index contributed by atoms with van der Waals surface area (Å²) in [6.45, 7) is 0.983. The fourth-order valence-corrected chi connectivity index (χ4v) is 3.75. The smallest absolute Gasteiger partial charge is 0.412 e. The molecule has 0 radical (unpaired) electrons. The topological polar surface area (TPSA) is 43.8 Å². The predicted octanol–water partition coefficient (Wildman–Crippen LogP) is 4.66. The van der Waals surface area contributed by atoms with Gasteiger partial charge in [0, 0.05) is 25.7 Å². The summed E-state index contributed by atoms with van der Waals surface area (Å²) in [4.78, 5) is 15.9. The minimum atomic E-state index is -4.27. The second-order valence-corrected chi connectivity index (χ2v) is 7.50. The number of allylic oxidation sites excluding steroid dienone is 3. The summed E-state index contributed by atoms with van der Waals surface area (Å²) in [6, 6.07) is 7.15. The van der Waals surface area contributed by atoms with Gasteiger partial charge in [-0.1, -0.05) is 29.9 Å². The van der Waals surface area contributed by atoms with Crippen LogP contribution in [0.3, 0.4) is 0 Å². The van der Waals surface area contributed by atoms with Gasteiger partial charge < -0.3 is 14.9 Å². The Balaban J connectivity index is 1.51. The van der Waals surface area contributed by atoms with E-state index in [2.05, 4.69) is 0 Å². The van der Waals surface area contributed by atoms with E-state index in [0.29, 0.717) is 19.5 Å². The van der Waals surface area contributed by atoms with Gasteiger partial charge in [-0.25, -0.2) is 4.79 Å². The second kappa shape index (κ2) is 8.29. The van der Waals surface area contributed by atoms with E-state index in [1.807, 2.05) is 12.1 Å². The minimum absolute atomic E-state index is 0.0245. The van der Waals surface area contributed by atoms with Gasteiger partial charge in [0.25, 0.3) is 0 Å². The highest BCUT2D eigenvalue weighted by Crippen LogP contribution is 2.33. The maximum Gasteiger partial charge on any atom is 0.412 e. The first-order chi connectivity index (χ1) is 13.2. The molecule has 0 aromatic heterocycles. The molecule has 2 aliphatic rings. The first-order valence-electron chi connectivity index (χ1n) is 9.49. The number of aryl methyl sites for hydroxylation is 1. The van der Waals surface area contributed by atoms with Gasteiger partial charge in [0.1, 0.15) is 5.75 Å². The van der Waals surface area contributed by atoms with Crippen molar-refractivity contribution in [2.24, 2.45) is 0 Å². The van der Waals surface area contributed by atoms with E-state index in [0.717, 1.165) is 36.5 Å². The molecule has 1 aliphatic carbocycles. The molecule has 1 aromatic rings. The summed E-state index contributed by atoms with van der Waals surface area (Å²) < 4.78 is 38.2. The molecule has 4 nitrogen and oxygen atoms in total. The molecular weight excluding hydrogens is 369 g/mol. The average Bonchev–Trinajstić information content (AvgIpc) is 2.91. The van der Waals surface area contributed by atoms with E-state index < -0.39 is 11.7 Å². The Labute approximate surface area is 162 Å². The molecule has 0 saturated carbocycles. The van der Waals surface area contributed by atoms with Crippen LogP contribution in [0, 0.1) is 0 Å². The third-order valence-electron chi connectivity index (χ3n) is 5.48. The summed E-state index contributed by atoms with van der Waals surface area (Å²) in [5.74, 6) is 0.245. The molecule has 0 bridgehead atoms. The van der Waals surface area contributed by atoms with Crippen LogP contribution < -0.4 is 0 Å². The number of alkyl halides is 3. The van der Waals surface area contributed by atoms with Gasteiger partial charge in [-0.2, -0.15) is 13.2 Å². The third kappa shape index (κ3) is 4.88. The van der Waals surface area contributed by atoms with Crippen LogP contribution in [0.15, 0.2) is 47.6 Å². The zero-order valence-corrected chi connectivity index (χ0v) is 15.9. The molecule has 7 heteroatoms. The number of phenolic OH excluding ortho intramolecular Hbond substituents is 1. The molecule has 3 rings (SSSR count). The molecule has 0 spiro atoms. The third-order valence-corrected chi connectivity index (χ3v) is 5.48. The molecule has 1 heterocycles. The van der Waals surface area contributed by atoms with Gasteiger partial charge in [0.15, 0.2) is 0 Å². The standard InChI is InChI=1S/C21H25F3N2O2/c1-25-18(4-2-3-15-7-11-19(27)12-8-15)14-26(20(25)28)13-16-5-9-17(10-6-16)21(22,23)24/h5,7-9,11-12,18,27H,2-4,6,10,13-14H2,1H3. The van der Waals surface area contributed by atoms with Crippen LogP contribution in [0.1, 0.15) is 31.2 Å². The lowest BCUT2D eigenvalue weighted by molar-refractivity contribution is -0.0941. The molecule has 1 unspecified atom stereocenters. The van der Waals surface area contributed by atoms with Crippen LogP contribution >= 0.6 is 0 Å². The van der Waals surface area contributed by atoms with Crippen LogP contribution in [0.2, 0.25) is 0 Å². The summed E-state index contributed by atoms with van der Waals surface area (Å²) in [5, 5.41) is 9.32. The molecule has 152 valence electrons. The number of carbonyl (C=O) groups excluding carboxylic acids is 1. The molecule has 1 fully saturated rings. The summed E-state index contributed by atoms with van der Waals surface area (Å²) in [6.07, 6.45) is 1.34. The Morgan fingerprint density at radius 1 is 1.14 bits per heavy atom. The Bertz CT molecular complexity index is 769. The second-order valence-electron chi connectivity index (χ2n) is 7.50. The number of urea groups is 1. The van der Waals surface area contributed by atoms with E-state index in [9.17, 15) is 23.1 Å². The van der Waals surface area contributed by atoms with Crippen molar-refractivity contribution in [2.45, 2.75) is 44.3 Å². The Hall–Kier alpha value is -2.44. The zero-order chi connectivity index (χ0) is 20.3. The van der Waals surface area contributed by atoms with Gasteiger partial charge in [-0.15, -0.1) is 0 Å². The van der Waals surface area contributed by atoms with Crippen LogP contribution in [0.25, 0.3) is 0 Å². The lowest BCUT2D eigenvalue weighted by Gasteiger charge is -2.21. The maximum absolute atomic E-state index is 12.7. The lowest BCUT2D eigenvalue weighted by atomic mass is 9.97. The number of hydrogen-bond acceptors (Lipinski definition) is 2. The predicted molar refractivity (Wildman–Crippen MR) is 101 cm³/mol. The first-order valence-corrected chi connectivity index (χ1v) is 9.49. The van der Waals surface area contributed by atoms with Crippen molar-refractivity contribution in [1.29, 1.82) is 0 Å². The highest BCUT2D eigenvalue weighted by atomic mass is 19.4. The zero-order valence-electron chi connectivity index (χ0n) is 15.9. The van der Waals surface area contributed by atoms with Gasteiger partial charge >= 0.3 is 12.2 Å². The summed E-state index contributed by atoms with van der Waals surface area (Å²) in [5.41, 5.74) is 1.49. The van der Waals surface area contributed by atoms with E-state index in [1.54, 1.807) is 29.0 Å². The van der Waals surface area contributed by atoms with Crippen LogP contribution in [-0.2, 0) is 6.42 Å². The largest absolute Gasteiger partial charge is 0.508 e. The van der Waals surface area contributed by atoms with Gasteiger partial charge in [0.05, 0.1) is 6.04 Å². The van der Waals surface area contributed by atoms with E-state index in [4.69, 9.17) is 0 Å². The van der Waals surface area contributed by atoms with Gasteiger partial charge in [0.2, 0.25) is 0 Å². The quantitative estimate of drug-likeness (QED) is 0.763. The number of carbonyl (C=O) groups is 1. The maximum atomic E-state index is 12.7. The van der Waals surface area contributed by atoms with Gasteiger partial charge in [-0.05, 0) is 49.8 Å². The lowest BCUT2D eigenvalue weighted by Crippen LogP contribution is -2.32. The van der Waals surface area contributed by atoms with Gasteiger partial charge in [-0.3, -0.25) is 0 Å². The first kappa shape index (κ1) is 20.3. The number of phenols is 1. The van der Waals surface area contributed by atoms with Crippen molar-refractivity contribution in [3.05, 3.63) is 53.1 Å². The van der Waals surface area contributed by atoms with Crippen LogP contribution in [-0.4, -0.2) is 53.3 Å². The summed E-state index contributed by atoms with van der Waals surface area (Å²) in [7, 11) is 1.78. The normalized spacial score (nSPS) is 20.4. The SMILES string of the molecule is CN1C(=O)N(CC2=CC=C(C(F)(F)F)CC2)CC1CCCc1ccc(O)cc1. The molecule has 1 atom stereocenters. The number of nitrogens with zero attached hydrogens (tertiary/aromatic N) is 2.